The second-order valence-corrected chi connectivity index (χ2v) is 4.06. The Morgan fingerprint density at radius 2 is 2.25 bits per heavy atom. The molecule has 1 amide bonds. The van der Waals surface area contributed by atoms with Crippen molar-refractivity contribution in [2.75, 3.05) is 18.1 Å². The van der Waals surface area contributed by atoms with Gasteiger partial charge in [0, 0.05) is 6.54 Å². The molecule has 1 aliphatic rings. The van der Waals surface area contributed by atoms with Gasteiger partial charge in [0.15, 0.2) is 0 Å². The van der Waals surface area contributed by atoms with Crippen molar-refractivity contribution in [3.05, 3.63) is 29.3 Å². The molecule has 86 valence electrons. The molecule has 0 bridgehead atoms. The Morgan fingerprint density at radius 1 is 1.50 bits per heavy atom. The Labute approximate surface area is 95.0 Å². The summed E-state index contributed by atoms with van der Waals surface area (Å²) in [6, 6.07) is 5.85. The third-order valence-electron chi connectivity index (χ3n) is 3.07. The molecule has 1 aromatic carbocycles. The van der Waals surface area contributed by atoms with E-state index in [1.165, 1.54) is 0 Å². The molecule has 1 fully saturated rings. The summed E-state index contributed by atoms with van der Waals surface area (Å²) in [4.78, 5) is 13.3. The van der Waals surface area contributed by atoms with E-state index in [9.17, 15) is 4.79 Å². The monoisotopic (exact) mass is 220 g/mol. The van der Waals surface area contributed by atoms with Crippen LogP contribution in [-0.4, -0.2) is 25.3 Å². The standard InChI is InChI=1S/C12H16N2O2/c1-8-4-3-5-11(9(8)2)14-10(6-13)7-16-12(14)15/h3-5,10H,6-7,13H2,1-2H3. The fourth-order valence-corrected chi connectivity index (χ4v) is 1.93. The maximum atomic E-state index is 11.7. The third kappa shape index (κ3) is 1.65. The first-order valence-electron chi connectivity index (χ1n) is 5.37. The first kappa shape index (κ1) is 11.0. The molecule has 0 spiro atoms. The van der Waals surface area contributed by atoms with Gasteiger partial charge in [-0.05, 0) is 31.0 Å². The molecule has 1 heterocycles. The summed E-state index contributed by atoms with van der Waals surface area (Å²) in [7, 11) is 0. The molecule has 1 atom stereocenters. The Hall–Kier alpha value is -1.55. The predicted octanol–water partition coefficient (Wildman–Crippen LogP) is 1.59. The number of ether oxygens (including phenoxy) is 1. The van der Waals surface area contributed by atoms with Gasteiger partial charge in [-0.1, -0.05) is 12.1 Å². The summed E-state index contributed by atoms with van der Waals surface area (Å²) in [5.74, 6) is 0. The van der Waals surface area contributed by atoms with Gasteiger partial charge in [0.1, 0.15) is 6.61 Å². The highest BCUT2D eigenvalue weighted by molar-refractivity contribution is 5.91. The Kier molecular flexibility index (Phi) is 2.83. The van der Waals surface area contributed by atoms with Gasteiger partial charge in [0.25, 0.3) is 0 Å². The SMILES string of the molecule is Cc1cccc(N2C(=O)OCC2CN)c1C. The van der Waals surface area contributed by atoms with Crippen molar-refractivity contribution in [2.45, 2.75) is 19.9 Å². The molecular formula is C12H16N2O2. The summed E-state index contributed by atoms with van der Waals surface area (Å²) in [6.45, 7) is 4.82. The molecule has 0 aliphatic carbocycles. The van der Waals surface area contributed by atoms with E-state index >= 15 is 0 Å². The van der Waals surface area contributed by atoms with E-state index in [0.717, 1.165) is 16.8 Å². The number of anilines is 1. The second-order valence-electron chi connectivity index (χ2n) is 4.06. The van der Waals surface area contributed by atoms with Gasteiger partial charge >= 0.3 is 6.09 Å². The summed E-state index contributed by atoms with van der Waals surface area (Å²) >= 11 is 0. The van der Waals surface area contributed by atoms with Crippen molar-refractivity contribution in [2.24, 2.45) is 5.73 Å². The molecule has 1 saturated heterocycles. The highest BCUT2D eigenvalue weighted by Gasteiger charge is 2.33. The van der Waals surface area contributed by atoms with Crippen LogP contribution in [0, 0.1) is 13.8 Å². The summed E-state index contributed by atoms with van der Waals surface area (Å²) < 4.78 is 5.03. The number of nitrogens with zero attached hydrogens (tertiary/aromatic N) is 1. The molecule has 4 heteroatoms. The highest BCUT2D eigenvalue weighted by atomic mass is 16.6. The molecule has 1 unspecified atom stereocenters. The van der Waals surface area contributed by atoms with E-state index in [1.807, 2.05) is 32.0 Å². The van der Waals surface area contributed by atoms with Crippen molar-refractivity contribution in [1.29, 1.82) is 0 Å². The molecule has 0 aromatic heterocycles. The van der Waals surface area contributed by atoms with E-state index in [4.69, 9.17) is 10.5 Å². The van der Waals surface area contributed by atoms with Crippen LogP contribution in [0.4, 0.5) is 10.5 Å². The number of rotatable bonds is 2. The predicted molar refractivity (Wildman–Crippen MR) is 62.6 cm³/mol. The Balaban J connectivity index is 2.42. The van der Waals surface area contributed by atoms with Crippen LogP contribution in [0.15, 0.2) is 18.2 Å². The zero-order valence-corrected chi connectivity index (χ0v) is 9.56. The normalized spacial score (nSPS) is 20.1. The summed E-state index contributed by atoms with van der Waals surface area (Å²) in [6.07, 6.45) is -0.302. The lowest BCUT2D eigenvalue weighted by atomic mass is 10.1. The van der Waals surface area contributed by atoms with Crippen molar-refractivity contribution < 1.29 is 9.53 Å². The van der Waals surface area contributed by atoms with Crippen LogP contribution >= 0.6 is 0 Å². The number of benzene rings is 1. The number of hydrogen-bond acceptors (Lipinski definition) is 3. The minimum Gasteiger partial charge on any atom is -0.447 e. The largest absolute Gasteiger partial charge is 0.447 e. The lowest BCUT2D eigenvalue weighted by Crippen LogP contribution is -2.39. The van der Waals surface area contributed by atoms with Crippen LogP contribution < -0.4 is 10.6 Å². The smallest absolute Gasteiger partial charge is 0.414 e. The maximum absolute atomic E-state index is 11.7. The van der Waals surface area contributed by atoms with E-state index in [1.54, 1.807) is 4.90 Å². The number of hydrogen-bond donors (Lipinski definition) is 1. The van der Waals surface area contributed by atoms with Gasteiger partial charge in [-0.3, -0.25) is 4.90 Å². The topological polar surface area (TPSA) is 55.6 Å². The first-order valence-corrected chi connectivity index (χ1v) is 5.37. The summed E-state index contributed by atoms with van der Waals surface area (Å²) in [5, 5.41) is 0. The van der Waals surface area contributed by atoms with E-state index in [-0.39, 0.29) is 12.1 Å². The molecule has 2 rings (SSSR count). The van der Waals surface area contributed by atoms with Crippen LogP contribution in [0.25, 0.3) is 0 Å². The first-order chi connectivity index (χ1) is 7.65. The minimum absolute atomic E-state index is 0.0481. The van der Waals surface area contributed by atoms with E-state index in [2.05, 4.69) is 0 Å². The quantitative estimate of drug-likeness (QED) is 0.823. The zero-order valence-electron chi connectivity index (χ0n) is 9.56. The fraction of sp³-hybridized carbons (Fsp3) is 0.417. The van der Waals surface area contributed by atoms with E-state index < -0.39 is 0 Å². The molecule has 0 saturated carbocycles. The van der Waals surface area contributed by atoms with Crippen molar-refractivity contribution in [3.8, 4) is 0 Å². The number of aryl methyl sites for hydroxylation is 1. The lowest BCUT2D eigenvalue weighted by molar-refractivity contribution is 0.179. The van der Waals surface area contributed by atoms with Gasteiger partial charge in [-0.2, -0.15) is 0 Å². The Morgan fingerprint density at radius 3 is 2.94 bits per heavy atom. The number of carbonyl (C=O) groups is 1. The van der Waals surface area contributed by atoms with Gasteiger partial charge < -0.3 is 10.5 Å². The number of nitrogens with two attached hydrogens (primary N) is 1. The van der Waals surface area contributed by atoms with Crippen LogP contribution in [-0.2, 0) is 4.74 Å². The number of carbonyl (C=O) groups excluding carboxylic acids is 1. The molecule has 16 heavy (non-hydrogen) atoms. The molecule has 0 radical (unpaired) electrons. The Bertz CT molecular complexity index is 417. The molecule has 2 N–H and O–H groups in total. The summed E-state index contributed by atoms with van der Waals surface area (Å²) in [5.41, 5.74) is 8.80. The number of amides is 1. The minimum atomic E-state index is -0.302. The second kappa shape index (κ2) is 4.14. The van der Waals surface area contributed by atoms with Crippen molar-refractivity contribution >= 4 is 11.8 Å². The average molecular weight is 220 g/mol. The van der Waals surface area contributed by atoms with Gasteiger partial charge in [0.2, 0.25) is 0 Å². The average Bonchev–Trinajstić information content (AvgIpc) is 2.64. The van der Waals surface area contributed by atoms with Gasteiger partial charge in [-0.15, -0.1) is 0 Å². The molecule has 1 aliphatic heterocycles. The van der Waals surface area contributed by atoms with E-state index in [0.29, 0.717) is 13.2 Å². The molecule has 1 aromatic rings. The van der Waals surface area contributed by atoms with Crippen LogP contribution in [0.3, 0.4) is 0 Å². The fourth-order valence-electron chi connectivity index (χ4n) is 1.93. The molecular weight excluding hydrogens is 204 g/mol. The third-order valence-corrected chi connectivity index (χ3v) is 3.07. The van der Waals surface area contributed by atoms with Gasteiger partial charge in [-0.25, -0.2) is 4.79 Å². The van der Waals surface area contributed by atoms with Gasteiger partial charge in [0.05, 0.1) is 11.7 Å². The highest BCUT2D eigenvalue weighted by Crippen LogP contribution is 2.27. The van der Waals surface area contributed by atoms with Crippen molar-refractivity contribution in [1.82, 2.24) is 0 Å². The van der Waals surface area contributed by atoms with Crippen LogP contribution in [0.1, 0.15) is 11.1 Å². The van der Waals surface area contributed by atoms with Crippen molar-refractivity contribution in [3.63, 3.8) is 0 Å². The maximum Gasteiger partial charge on any atom is 0.414 e. The number of cyclic esters (lactones) is 1. The zero-order chi connectivity index (χ0) is 11.7. The lowest BCUT2D eigenvalue weighted by Gasteiger charge is -2.22. The molecule has 4 nitrogen and oxygen atoms in total. The van der Waals surface area contributed by atoms with Crippen LogP contribution in [0.5, 0.6) is 0 Å². The van der Waals surface area contributed by atoms with Crippen LogP contribution in [0.2, 0.25) is 0 Å².